The van der Waals surface area contributed by atoms with Crippen LogP contribution in [0.1, 0.15) is 23.7 Å². The molecule has 1 atom stereocenters. The highest BCUT2D eigenvalue weighted by molar-refractivity contribution is 5.74. The number of aromatic nitrogens is 2. The molecule has 5 nitrogen and oxygen atoms in total. The number of hydrogen-bond donors (Lipinski definition) is 2. The number of carbonyl (C=O) groups excluding carboxylic acids is 1. The lowest BCUT2D eigenvalue weighted by molar-refractivity contribution is -0.118. The molecule has 98 valence electrons. The van der Waals surface area contributed by atoms with Crippen molar-refractivity contribution in [1.29, 1.82) is 0 Å². The van der Waals surface area contributed by atoms with Gasteiger partial charge in [0.1, 0.15) is 0 Å². The van der Waals surface area contributed by atoms with Crippen molar-refractivity contribution in [3.05, 3.63) is 47.8 Å². The summed E-state index contributed by atoms with van der Waals surface area (Å²) in [5, 5.41) is 0. The quantitative estimate of drug-likeness (QED) is 0.862. The average Bonchev–Trinajstić information content (AvgIpc) is 2.38. The van der Waals surface area contributed by atoms with Crippen molar-refractivity contribution in [3.63, 3.8) is 0 Å². The van der Waals surface area contributed by atoms with Gasteiger partial charge in [0.25, 0.3) is 0 Å². The van der Waals surface area contributed by atoms with E-state index in [1.54, 1.807) is 6.20 Å². The van der Waals surface area contributed by atoms with E-state index in [1.165, 1.54) is 0 Å². The summed E-state index contributed by atoms with van der Waals surface area (Å²) >= 11 is 0. The maximum absolute atomic E-state index is 10.9. The second kappa shape index (κ2) is 5.58. The highest BCUT2D eigenvalue weighted by Gasteiger charge is 2.14. The van der Waals surface area contributed by atoms with E-state index in [1.807, 2.05) is 37.3 Å². The summed E-state index contributed by atoms with van der Waals surface area (Å²) in [6.07, 6.45) is 1.76. The zero-order valence-corrected chi connectivity index (χ0v) is 10.7. The van der Waals surface area contributed by atoms with E-state index in [4.69, 9.17) is 11.5 Å². The maximum Gasteiger partial charge on any atom is 0.219 e. The number of carbonyl (C=O) groups is 1. The van der Waals surface area contributed by atoms with Crippen LogP contribution in [0.4, 0.5) is 0 Å². The van der Waals surface area contributed by atoms with E-state index < -0.39 is 11.9 Å². The van der Waals surface area contributed by atoms with Gasteiger partial charge in [0.15, 0.2) is 5.82 Å². The van der Waals surface area contributed by atoms with Crippen molar-refractivity contribution in [2.75, 3.05) is 0 Å². The number of nitrogens with two attached hydrogens (primary N) is 2. The predicted molar refractivity (Wildman–Crippen MR) is 72.9 cm³/mol. The molecule has 2 aromatic rings. The van der Waals surface area contributed by atoms with E-state index in [0.29, 0.717) is 5.82 Å². The van der Waals surface area contributed by atoms with Crippen LogP contribution in [-0.2, 0) is 4.79 Å². The van der Waals surface area contributed by atoms with Crippen LogP contribution in [0.3, 0.4) is 0 Å². The number of amides is 1. The SMILES string of the molecule is Cc1nc(-c2ccccc2)ncc1C(N)CC(N)=O. The van der Waals surface area contributed by atoms with Crippen molar-refractivity contribution in [1.82, 2.24) is 9.97 Å². The third-order valence-electron chi connectivity index (χ3n) is 2.87. The maximum atomic E-state index is 10.9. The Morgan fingerprint density at radius 3 is 2.58 bits per heavy atom. The van der Waals surface area contributed by atoms with Gasteiger partial charge in [0.2, 0.25) is 5.91 Å². The lowest BCUT2D eigenvalue weighted by Crippen LogP contribution is -2.22. The van der Waals surface area contributed by atoms with Gasteiger partial charge in [-0.3, -0.25) is 4.79 Å². The molecule has 0 fully saturated rings. The van der Waals surface area contributed by atoms with E-state index in [-0.39, 0.29) is 6.42 Å². The van der Waals surface area contributed by atoms with Gasteiger partial charge in [0, 0.05) is 35.5 Å². The van der Waals surface area contributed by atoms with Crippen LogP contribution in [0.25, 0.3) is 11.4 Å². The topological polar surface area (TPSA) is 94.9 Å². The summed E-state index contributed by atoms with van der Waals surface area (Å²) in [6, 6.07) is 9.23. The normalized spacial score (nSPS) is 12.1. The Morgan fingerprint density at radius 2 is 2.00 bits per heavy atom. The Labute approximate surface area is 111 Å². The Bertz CT molecular complexity index is 583. The summed E-state index contributed by atoms with van der Waals surface area (Å²) in [4.78, 5) is 19.6. The highest BCUT2D eigenvalue weighted by Crippen LogP contribution is 2.20. The van der Waals surface area contributed by atoms with Gasteiger partial charge in [-0.15, -0.1) is 0 Å². The van der Waals surface area contributed by atoms with Gasteiger partial charge in [-0.2, -0.15) is 0 Å². The van der Waals surface area contributed by atoms with Crippen molar-refractivity contribution in [2.45, 2.75) is 19.4 Å². The molecule has 0 radical (unpaired) electrons. The minimum Gasteiger partial charge on any atom is -0.370 e. The van der Waals surface area contributed by atoms with Gasteiger partial charge >= 0.3 is 0 Å². The molecule has 0 saturated carbocycles. The molecule has 1 unspecified atom stereocenters. The fourth-order valence-corrected chi connectivity index (χ4v) is 1.89. The molecule has 0 bridgehead atoms. The number of rotatable bonds is 4. The first-order valence-corrected chi connectivity index (χ1v) is 6.00. The van der Waals surface area contributed by atoms with Crippen LogP contribution in [0.5, 0.6) is 0 Å². The first-order valence-electron chi connectivity index (χ1n) is 6.00. The molecule has 5 heteroatoms. The Balaban J connectivity index is 2.30. The monoisotopic (exact) mass is 256 g/mol. The molecule has 1 aromatic heterocycles. The van der Waals surface area contributed by atoms with Crippen LogP contribution < -0.4 is 11.5 Å². The fourth-order valence-electron chi connectivity index (χ4n) is 1.89. The smallest absolute Gasteiger partial charge is 0.219 e. The molecule has 0 aliphatic heterocycles. The number of primary amides is 1. The van der Waals surface area contributed by atoms with E-state index in [9.17, 15) is 4.79 Å². The summed E-state index contributed by atoms with van der Waals surface area (Å²) in [5.74, 6) is 0.215. The zero-order chi connectivity index (χ0) is 13.8. The van der Waals surface area contributed by atoms with Crippen LogP contribution in [-0.4, -0.2) is 15.9 Å². The third-order valence-corrected chi connectivity index (χ3v) is 2.87. The lowest BCUT2D eigenvalue weighted by Gasteiger charge is -2.12. The molecular weight excluding hydrogens is 240 g/mol. The minimum absolute atomic E-state index is 0.0921. The fraction of sp³-hybridized carbons (Fsp3) is 0.214. The summed E-state index contributed by atoms with van der Waals surface area (Å²) < 4.78 is 0. The van der Waals surface area contributed by atoms with Gasteiger partial charge < -0.3 is 11.5 Å². The zero-order valence-electron chi connectivity index (χ0n) is 10.7. The summed E-state index contributed by atoms with van der Waals surface area (Å²) in [6.45, 7) is 1.85. The van der Waals surface area contributed by atoms with Crippen molar-refractivity contribution >= 4 is 5.91 Å². The molecule has 0 saturated heterocycles. The molecule has 0 spiro atoms. The summed E-state index contributed by atoms with van der Waals surface area (Å²) in [5.41, 5.74) is 13.5. The Hall–Kier alpha value is -2.27. The summed E-state index contributed by atoms with van der Waals surface area (Å²) in [7, 11) is 0. The first kappa shape index (κ1) is 13.2. The van der Waals surface area contributed by atoms with Crippen LogP contribution in [0.2, 0.25) is 0 Å². The number of nitrogens with zero attached hydrogens (tertiary/aromatic N) is 2. The predicted octanol–water partition coefficient (Wildman–Crippen LogP) is 1.33. The first-order chi connectivity index (χ1) is 9.08. The number of aryl methyl sites for hydroxylation is 1. The van der Waals surface area contributed by atoms with Crippen molar-refractivity contribution < 1.29 is 4.79 Å². The van der Waals surface area contributed by atoms with Crippen LogP contribution in [0.15, 0.2) is 36.5 Å². The molecule has 1 aromatic carbocycles. The Morgan fingerprint density at radius 1 is 1.32 bits per heavy atom. The molecular formula is C14H16N4O. The highest BCUT2D eigenvalue weighted by atomic mass is 16.1. The van der Waals surface area contributed by atoms with E-state index >= 15 is 0 Å². The van der Waals surface area contributed by atoms with E-state index in [2.05, 4.69) is 9.97 Å². The molecule has 2 rings (SSSR count). The second-order valence-electron chi connectivity index (χ2n) is 4.38. The number of benzene rings is 1. The number of hydrogen-bond acceptors (Lipinski definition) is 4. The molecule has 0 aliphatic carbocycles. The van der Waals surface area contributed by atoms with Gasteiger partial charge in [-0.05, 0) is 6.92 Å². The van der Waals surface area contributed by atoms with Crippen molar-refractivity contribution in [3.8, 4) is 11.4 Å². The largest absolute Gasteiger partial charge is 0.370 e. The van der Waals surface area contributed by atoms with Crippen LogP contribution in [0, 0.1) is 6.92 Å². The van der Waals surface area contributed by atoms with Gasteiger partial charge in [-0.1, -0.05) is 30.3 Å². The average molecular weight is 256 g/mol. The van der Waals surface area contributed by atoms with E-state index in [0.717, 1.165) is 16.8 Å². The second-order valence-corrected chi connectivity index (χ2v) is 4.38. The minimum atomic E-state index is -0.456. The molecule has 1 heterocycles. The molecule has 1 amide bonds. The Kier molecular flexibility index (Phi) is 3.87. The van der Waals surface area contributed by atoms with Gasteiger partial charge in [0.05, 0.1) is 0 Å². The molecule has 4 N–H and O–H groups in total. The molecule has 0 aliphatic rings. The third kappa shape index (κ3) is 3.14. The van der Waals surface area contributed by atoms with Gasteiger partial charge in [-0.25, -0.2) is 9.97 Å². The van der Waals surface area contributed by atoms with Crippen LogP contribution >= 0.6 is 0 Å². The molecule has 19 heavy (non-hydrogen) atoms. The standard InChI is InChI=1S/C14H16N4O/c1-9-11(12(15)7-13(16)19)8-17-14(18-9)10-5-3-2-4-6-10/h2-6,8,12H,7,15H2,1H3,(H2,16,19). The van der Waals surface area contributed by atoms with Crippen molar-refractivity contribution in [2.24, 2.45) is 11.5 Å². The lowest BCUT2D eigenvalue weighted by atomic mass is 10.0.